The molecule has 1 amide bonds. The summed E-state index contributed by atoms with van der Waals surface area (Å²) in [5.41, 5.74) is 13.4. The van der Waals surface area contributed by atoms with E-state index in [1.54, 1.807) is 24.3 Å². The van der Waals surface area contributed by atoms with Crippen LogP contribution in [0.1, 0.15) is 32.0 Å². The van der Waals surface area contributed by atoms with Gasteiger partial charge in [0.25, 0.3) is 0 Å². The van der Waals surface area contributed by atoms with Gasteiger partial charge in [-0.25, -0.2) is 9.78 Å². The van der Waals surface area contributed by atoms with Crippen molar-refractivity contribution >= 4 is 17.6 Å². The standard InChI is InChI=1S/C15H15N3O3/c1-9-6-10(14(17)19)2-3-11(9)8-21-15(20)13-5-4-12(16)7-18-13/h2-7H,8,16H2,1H3,(H2,17,19). The molecule has 0 fully saturated rings. The number of hydrogen-bond donors (Lipinski definition) is 2. The van der Waals surface area contributed by atoms with Gasteiger partial charge in [-0.3, -0.25) is 4.79 Å². The van der Waals surface area contributed by atoms with Gasteiger partial charge in [-0.05, 0) is 42.3 Å². The minimum Gasteiger partial charge on any atom is -0.456 e. The molecular weight excluding hydrogens is 270 g/mol. The lowest BCUT2D eigenvalue weighted by Crippen LogP contribution is -2.12. The van der Waals surface area contributed by atoms with Gasteiger partial charge in [0, 0.05) is 5.56 Å². The van der Waals surface area contributed by atoms with Crippen LogP contribution in [0.5, 0.6) is 0 Å². The van der Waals surface area contributed by atoms with Crippen LogP contribution in [0, 0.1) is 6.92 Å². The predicted octanol–water partition coefficient (Wildman–Crippen LogP) is 1.43. The maximum atomic E-state index is 11.8. The van der Waals surface area contributed by atoms with Gasteiger partial charge in [-0.1, -0.05) is 6.07 Å². The lowest BCUT2D eigenvalue weighted by atomic mass is 10.1. The topological polar surface area (TPSA) is 108 Å². The third-order valence-electron chi connectivity index (χ3n) is 2.98. The summed E-state index contributed by atoms with van der Waals surface area (Å²) in [6, 6.07) is 8.04. The summed E-state index contributed by atoms with van der Waals surface area (Å²) in [7, 11) is 0. The summed E-state index contributed by atoms with van der Waals surface area (Å²) in [6.45, 7) is 1.91. The molecule has 21 heavy (non-hydrogen) atoms. The van der Waals surface area contributed by atoms with Gasteiger partial charge in [-0.15, -0.1) is 0 Å². The Morgan fingerprint density at radius 3 is 2.57 bits per heavy atom. The van der Waals surface area contributed by atoms with E-state index in [0.717, 1.165) is 11.1 Å². The number of primary amides is 1. The Balaban J connectivity index is 2.04. The molecule has 0 saturated heterocycles. The number of ether oxygens (including phenoxy) is 1. The average Bonchev–Trinajstić information content (AvgIpc) is 2.46. The van der Waals surface area contributed by atoms with E-state index in [9.17, 15) is 9.59 Å². The van der Waals surface area contributed by atoms with Crippen molar-refractivity contribution in [2.24, 2.45) is 5.73 Å². The Hall–Kier alpha value is -2.89. The summed E-state index contributed by atoms with van der Waals surface area (Å²) in [5, 5.41) is 0. The van der Waals surface area contributed by atoms with Gasteiger partial charge in [-0.2, -0.15) is 0 Å². The molecule has 0 aliphatic rings. The van der Waals surface area contributed by atoms with Crippen LogP contribution in [0.2, 0.25) is 0 Å². The number of aromatic nitrogens is 1. The van der Waals surface area contributed by atoms with E-state index in [4.69, 9.17) is 16.2 Å². The quantitative estimate of drug-likeness (QED) is 0.826. The number of carbonyl (C=O) groups excluding carboxylic acids is 2. The maximum Gasteiger partial charge on any atom is 0.357 e. The van der Waals surface area contributed by atoms with Gasteiger partial charge in [0.15, 0.2) is 0 Å². The third-order valence-corrected chi connectivity index (χ3v) is 2.98. The normalized spacial score (nSPS) is 10.1. The van der Waals surface area contributed by atoms with Crippen LogP contribution in [0.25, 0.3) is 0 Å². The molecule has 0 saturated carbocycles. The van der Waals surface area contributed by atoms with E-state index >= 15 is 0 Å². The van der Waals surface area contributed by atoms with Crippen LogP contribution in [0.4, 0.5) is 5.69 Å². The monoisotopic (exact) mass is 285 g/mol. The molecule has 2 rings (SSSR count). The van der Waals surface area contributed by atoms with Crippen LogP contribution in [0.3, 0.4) is 0 Å². The number of hydrogen-bond acceptors (Lipinski definition) is 5. The average molecular weight is 285 g/mol. The molecule has 2 aromatic rings. The number of nitrogen functional groups attached to an aromatic ring is 1. The fourth-order valence-corrected chi connectivity index (χ4v) is 1.75. The van der Waals surface area contributed by atoms with Crippen molar-refractivity contribution in [3.63, 3.8) is 0 Å². The van der Waals surface area contributed by atoms with Crippen molar-refractivity contribution in [2.75, 3.05) is 5.73 Å². The van der Waals surface area contributed by atoms with Crippen LogP contribution >= 0.6 is 0 Å². The minimum absolute atomic E-state index is 0.0930. The van der Waals surface area contributed by atoms with E-state index < -0.39 is 11.9 Å². The lowest BCUT2D eigenvalue weighted by molar-refractivity contribution is 0.0465. The molecule has 0 spiro atoms. The molecule has 4 N–H and O–H groups in total. The fourth-order valence-electron chi connectivity index (χ4n) is 1.75. The number of esters is 1. The second kappa shape index (κ2) is 6.04. The molecule has 0 aliphatic carbocycles. The van der Waals surface area contributed by atoms with Crippen molar-refractivity contribution < 1.29 is 14.3 Å². The molecule has 0 aliphatic heterocycles. The Labute approximate surface area is 121 Å². The number of carbonyl (C=O) groups is 2. The van der Waals surface area contributed by atoms with Crippen molar-refractivity contribution in [1.82, 2.24) is 4.98 Å². The lowest BCUT2D eigenvalue weighted by Gasteiger charge is -2.08. The van der Waals surface area contributed by atoms with Gasteiger partial charge >= 0.3 is 5.97 Å². The number of aryl methyl sites for hydroxylation is 1. The van der Waals surface area contributed by atoms with Gasteiger partial charge in [0.1, 0.15) is 12.3 Å². The molecule has 108 valence electrons. The first kappa shape index (κ1) is 14.5. The van der Waals surface area contributed by atoms with Gasteiger partial charge in [0.2, 0.25) is 5.91 Å². The van der Waals surface area contributed by atoms with E-state index in [1.807, 2.05) is 6.92 Å². The molecule has 0 unspecified atom stereocenters. The zero-order valence-electron chi connectivity index (χ0n) is 11.5. The van der Waals surface area contributed by atoms with Crippen molar-refractivity contribution in [2.45, 2.75) is 13.5 Å². The largest absolute Gasteiger partial charge is 0.456 e. The minimum atomic E-state index is -0.534. The Morgan fingerprint density at radius 1 is 1.24 bits per heavy atom. The fraction of sp³-hybridized carbons (Fsp3) is 0.133. The van der Waals surface area contributed by atoms with Crippen molar-refractivity contribution in [1.29, 1.82) is 0 Å². The highest BCUT2D eigenvalue weighted by Crippen LogP contribution is 2.13. The summed E-state index contributed by atoms with van der Waals surface area (Å²) in [5.74, 6) is -1.03. The van der Waals surface area contributed by atoms with Crippen LogP contribution < -0.4 is 11.5 Å². The number of pyridine rings is 1. The highest BCUT2D eigenvalue weighted by atomic mass is 16.5. The second-order valence-corrected chi connectivity index (χ2v) is 4.56. The summed E-state index contributed by atoms with van der Waals surface area (Å²) in [4.78, 5) is 26.8. The molecule has 1 aromatic heterocycles. The maximum absolute atomic E-state index is 11.8. The Morgan fingerprint density at radius 2 is 2.00 bits per heavy atom. The first-order valence-corrected chi connectivity index (χ1v) is 6.25. The third kappa shape index (κ3) is 3.56. The molecule has 0 atom stereocenters. The van der Waals surface area contributed by atoms with Crippen molar-refractivity contribution in [3.05, 3.63) is 58.9 Å². The molecular formula is C15H15N3O3. The molecule has 1 aromatic carbocycles. The number of nitrogens with two attached hydrogens (primary N) is 2. The number of nitrogens with zero attached hydrogens (tertiary/aromatic N) is 1. The Kier molecular flexibility index (Phi) is 4.18. The van der Waals surface area contributed by atoms with Gasteiger partial charge in [0.05, 0.1) is 11.9 Å². The molecule has 6 heteroatoms. The Bertz CT molecular complexity index is 681. The zero-order chi connectivity index (χ0) is 15.4. The van der Waals surface area contributed by atoms with Crippen LogP contribution in [-0.2, 0) is 11.3 Å². The SMILES string of the molecule is Cc1cc(C(N)=O)ccc1COC(=O)c1ccc(N)cn1. The summed E-state index contributed by atoms with van der Waals surface area (Å²) >= 11 is 0. The number of anilines is 1. The predicted molar refractivity (Wildman–Crippen MR) is 77.5 cm³/mol. The molecule has 6 nitrogen and oxygen atoms in total. The van der Waals surface area contributed by atoms with Crippen LogP contribution in [-0.4, -0.2) is 16.9 Å². The highest BCUT2D eigenvalue weighted by molar-refractivity contribution is 5.93. The zero-order valence-corrected chi connectivity index (χ0v) is 11.5. The molecule has 1 heterocycles. The van der Waals surface area contributed by atoms with Crippen molar-refractivity contribution in [3.8, 4) is 0 Å². The number of rotatable bonds is 4. The smallest absolute Gasteiger partial charge is 0.357 e. The van der Waals surface area contributed by atoms with Gasteiger partial charge < -0.3 is 16.2 Å². The van der Waals surface area contributed by atoms with E-state index in [-0.39, 0.29) is 12.3 Å². The van der Waals surface area contributed by atoms with E-state index in [1.165, 1.54) is 12.3 Å². The second-order valence-electron chi connectivity index (χ2n) is 4.56. The first-order chi connectivity index (χ1) is 9.97. The number of benzene rings is 1. The summed E-state index contributed by atoms with van der Waals surface area (Å²) < 4.78 is 5.18. The van der Waals surface area contributed by atoms with Crippen LogP contribution in [0.15, 0.2) is 36.5 Å². The number of amides is 1. The first-order valence-electron chi connectivity index (χ1n) is 6.25. The molecule has 0 radical (unpaired) electrons. The summed E-state index contributed by atoms with van der Waals surface area (Å²) in [6.07, 6.45) is 1.39. The van der Waals surface area contributed by atoms with E-state index in [0.29, 0.717) is 11.3 Å². The highest BCUT2D eigenvalue weighted by Gasteiger charge is 2.10. The molecule has 0 bridgehead atoms. The van der Waals surface area contributed by atoms with E-state index in [2.05, 4.69) is 4.98 Å².